The molecule has 0 aliphatic heterocycles. The van der Waals surface area contributed by atoms with E-state index in [0.717, 1.165) is 17.7 Å². The normalized spacial score (nSPS) is 14.4. The maximum atomic E-state index is 12.5. The predicted molar refractivity (Wildman–Crippen MR) is 96.4 cm³/mol. The quantitative estimate of drug-likeness (QED) is 0.763. The molecule has 1 aliphatic rings. The summed E-state index contributed by atoms with van der Waals surface area (Å²) in [6.07, 6.45) is 1.93. The summed E-state index contributed by atoms with van der Waals surface area (Å²) in [6.45, 7) is 0.528. The first-order valence-electron chi connectivity index (χ1n) is 8.42. The molecule has 0 radical (unpaired) electrons. The molecule has 0 saturated heterocycles. The highest BCUT2D eigenvalue weighted by molar-refractivity contribution is 6.13. The van der Waals surface area contributed by atoms with Crippen molar-refractivity contribution < 1.29 is 14.3 Å². The lowest BCUT2D eigenvalue weighted by atomic mass is 10.0. The fourth-order valence-corrected chi connectivity index (χ4v) is 2.74. The maximum absolute atomic E-state index is 12.5. The number of carbonyl (C=O) groups is 2. The minimum Gasteiger partial charge on any atom is -0.497 e. The van der Waals surface area contributed by atoms with Crippen LogP contribution in [-0.2, 0) is 16.0 Å². The smallest absolute Gasteiger partial charge is 0.240 e. The number of ether oxygens (including phenoxy) is 1. The standard InChI is InChI=1S/C20H22N2O3/c1-25-17-9-7-16(8-10-17)22-19(24)20(12-13-20)18(23)21-14-11-15-5-3-2-4-6-15/h2-10H,11-14H2,1H3,(H,21,23)(H,22,24). The van der Waals surface area contributed by atoms with Crippen molar-refractivity contribution >= 4 is 17.5 Å². The number of rotatable bonds is 7. The second-order valence-electron chi connectivity index (χ2n) is 6.26. The highest BCUT2D eigenvalue weighted by Gasteiger charge is 2.56. The molecule has 1 fully saturated rings. The van der Waals surface area contributed by atoms with Crippen LogP contribution in [0.2, 0.25) is 0 Å². The summed E-state index contributed by atoms with van der Waals surface area (Å²) in [6, 6.07) is 17.0. The summed E-state index contributed by atoms with van der Waals surface area (Å²) in [5.74, 6) is 0.294. The van der Waals surface area contributed by atoms with Crippen molar-refractivity contribution in [2.24, 2.45) is 5.41 Å². The summed E-state index contributed by atoms with van der Waals surface area (Å²) in [5.41, 5.74) is 0.904. The molecule has 1 saturated carbocycles. The summed E-state index contributed by atoms with van der Waals surface area (Å²) < 4.78 is 5.10. The van der Waals surface area contributed by atoms with E-state index in [0.29, 0.717) is 25.1 Å². The fraction of sp³-hybridized carbons (Fsp3) is 0.300. The molecule has 0 spiro atoms. The lowest BCUT2D eigenvalue weighted by Crippen LogP contribution is -2.40. The highest BCUT2D eigenvalue weighted by atomic mass is 16.5. The molecule has 2 amide bonds. The molecule has 1 aliphatic carbocycles. The third kappa shape index (κ3) is 3.99. The monoisotopic (exact) mass is 338 g/mol. The Bertz CT molecular complexity index is 737. The maximum Gasteiger partial charge on any atom is 0.240 e. The van der Waals surface area contributed by atoms with Crippen molar-refractivity contribution in [2.75, 3.05) is 19.0 Å². The third-order valence-corrected chi connectivity index (χ3v) is 4.51. The van der Waals surface area contributed by atoms with Gasteiger partial charge in [-0.2, -0.15) is 0 Å². The molecule has 2 N–H and O–H groups in total. The molecule has 25 heavy (non-hydrogen) atoms. The van der Waals surface area contributed by atoms with Crippen LogP contribution in [0.3, 0.4) is 0 Å². The van der Waals surface area contributed by atoms with E-state index in [1.807, 2.05) is 30.3 Å². The van der Waals surface area contributed by atoms with Gasteiger partial charge >= 0.3 is 0 Å². The Morgan fingerprint density at radius 2 is 1.68 bits per heavy atom. The van der Waals surface area contributed by atoms with Gasteiger partial charge in [0.1, 0.15) is 11.2 Å². The average molecular weight is 338 g/mol. The average Bonchev–Trinajstić information content (AvgIpc) is 3.45. The van der Waals surface area contributed by atoms with E-state index < -0.39 is 5.41 Å². The molecule has 5 nitrogen and oxygen atoms in total. The molecule has 2 aromatic rings. The van der Waals surface area contributed by atoms with Gasteiger partial charge in [0.2, 0.25) is 11.8 Å². The zero-order chi connectivity index (χ0) is 17.7. The Balaban J connectivity index is 1.53. The number of nitrogens with one attached hydrogen (secondary N) is 2. The van der Waals surface area contributed by atoms with E-state index in [2.05, 4.69) is 10.6 Å². The van der Waals surface area contributed by atoms with E-state index in [9.17, 15) is 9.59 Å². The van der Waals surface area contributed by atoms with Crippen LogP contribution in [0.4, 0.5) is 5.69 Å². The van der Waals surface area contributed by atoms with E-state index in [1.165, 1.54) is 0 Å². The summed E-state index contributed by atoms with van der Waals surface area (Å²) >= 11 is 0. The van der Waals surface area contributed by atoms with E-state index >= 15 is 0 Å². The van der Waals surface area contributed by atoms with Crippen LogP contribution in [0.25, 0.3) is 0 Å². The molecule has 2 aromatic carbocycles. The van der Waals surface area contributed by atoms with Gasteiger partial charge in [0.05, 0.1) is 7.11 Å². The molecule has 5 heteroatoms. The number of methoxy groups -OCH3 is 1. The van der Waals surface area contributed by atoms with Gasteiger partial charge in [-0.3, -0.25) is 9.59 Å². The second kappa shape index (κ2) is 7.38. The van der Waals surface area contributed by atoms with Gasteiger partial charge in [-0.25, -0.2) is 0 Å². The summed E-state index contributed by atoms with van der Waals surface area (Å²) in [5, 5.41) is 5.73. The highest BCUT2D eigenvalue weighted by Crippen LogP contribution is 2.46. The van der Waals surface area contributed by atoms with Crippen molar-refractivity contribution in [3.05, 3.63) is 60.2 Å². The van der Waals surface area contributed by atoms with Crippen LogP contribution in [0, 0.1) is 5.41 Å². The van der Waals surface area contributed by atoms with Gasteiger partial charge in [-0.15, -0.1) is 0 Å². The molecule has 3 rings (SSSR count). The zero-order valence-corrected chi connectivity index (χ0v) is 14.2. The van der Waals surface area contributed by atoms with E-state index in [-0.39, 0.29) is 11.8 Å². The molecule has 130 valence electrons. The van der Waals surface area contributed by atoms with Gasteiger partial charge in [-0.1, -0.05) is 30.3 Å². The second-order valence-corrected chi connectivity index (χ2v) is 6.26. The molecule has 0 heterocycles. The number of hydrogen-bond donors (Lipinski definition) is 2. The van der Waals surface area contributed by atoms with Gasteiger partial charge in [-0.05, 0) is 49.1 Å². The largest absolute Gasteiger partial charge is 0.497 e. The Morgan fingerprint density at radius 1 is 1.00 bits per heavy atom. The zero-order valence-electron chi connectivity index (χ0n) is 14.2. The Morgan fingerprint density at radius 3 is 2.28 bits per heavy atom. The summed E-state index contributed by atoms with van der Waals surface area (Å²) in [4.78, 5) is 25.0. The lowest BCUT2D eigenvalue weighted by Gasteiger charge is -2.15. The molecular formula is C20H22N2O3. The topological polar surface area (TPSA) is 67.4 Å². The fourth-order valence-electron chi connectivity index (χ4n) is 2.74. The Kier molecular flexibility index (Phi) is 5.03. The van der Waals surface area contributed by atoms with Gasteiger partial charge in [0.15, 0.2) is 0 Å². The van der Waals surface area contributed by atoms with Crippen LogP contribution in [0.1, 0.15) is 18.4 Å². The van der Waals surface area contributed by atoms with Crippen LogP contribution in [-0.4, -0.2) is 25.5 Å². The lowest BCUT2D eigenvalue weighted by molar-refractivity contribution is -0.134. The summed E-state index contributed by atoms with van der Waals surface area (Å²) in [7, 11) is 1.59. The van der Waals surface area contributed by atoms with Crippen molar-refractivity contribution in [1.29, 1.82) is 0 Å². The number of hydrogen-bond acceptors (Lipinski definition) is 3. The minimum absolute atomic E-state index is 0.186. The van der Waals surface area contributed by atoms with Crippen molar-refractivity contribution in [3.8, 4) is 5.75 Å². The van der Waals surface area contributed by atoms with Gasteiger partial charge in [0, 0.05) is 12.2 Å². The number of amides is 2. The van der Waals surface area contributed by atoms with Crippen LogP contribution >= 0.6 is 0 Å². The molecule has 0 bridgehead atoms. The first-order chi connectivity index (χ1) is 12.1. The van der Waals surface area contributed by atoms with Crippen LogP contribution in [0.15, 0.2) is 54.6 Å². The first kappa shape index (κ1) is 17.0. The van der Waals surface area contributed by atoms with Gasteiger partial charge in [0.25, 0.3) is 0 Å². The third-order valence-electron chi connectivity index (χ3n) is 4.51. The SMILES string of the molecule is COc1ccc(NC(=O)C2(C(=O)NCCc3ccccc3)CC2)cc1. The first-order valence-corrected chi connectivity index (χ1v) is 8.42. The van der Waals surface area contributed by atoms with Crippen LogP contribution < -0.4 is 15.4 Å². The predicted octanol–water partition coefficient (Wildman–Crippen LogP) is 2.77. The molecular weight excluding hydrogens is 316 g/mol. The van der Waals surface area contributed by atoms with Crippen molar-refractivity contribution in [3.63, 3.8) is 0 Å². The van der Waals surface area contributed by atoms with Crippen molar-refractivity contribution in [2.45, 2.75) is 19.3 Å². The van der Waals surface area contributed by atoms with Crippen molar-refractivity contribution in [1.82, 2.24) is 5.32 Å². The number of anilines is 1. The van der Waals surface area contributed by atoms with E-state index in [4.69, 9.17) is 4.74 Å². The van der Waals surface area contributed by atoms with Crippen LogP contribution in [0.5, 0.6) is 5.75 Å². The molecule has 0 unspecified atom stereocenters. The Labute approximate surface area is 147 Å². The Hall–Kier alpha value is -2.82. The molecule has 0 aromatic heterocycles. The molecule has 0 atom stereocenters. The number of benzene rings is 2. The minimum atomic E-state index is -0.920. The van der Waals surface area contributed by atoms with Gasteiger partial charge < -0.3 is 15.4 Å². The van der Waals surface area contributed by atoms with E-state index in [1.54, 1.807) is 31.4 Å². The number of carbonyl (C=O) groups excluding carboxylic acids is 2.